The van der Waals surface area contributed by atoms with E-state index in [2.05, 4.69) is 42.3 Å². The predicted molar refractivity (Wildman–Crippen MR) is 74.4 cm³/mol. The van der Waals surface area contributed by atoms with Gasteiger partial charge in [-0.05, 0) is 40.2 Å². The van der Waals surface area contributed by atoms with Crippen LogP contribution in [-0.4, -0.2) is 39.4 Å². The Bertz CT molecular complexity index is 377. The molecule has 4 nitrogen and oxygen atoms in total. The number of hydrogen-bond donors (Lipinski definition) is 1. The van der Waals surface area contributed by atoms with Gasteiger partial charge in [0.1, 0.15) is 0 Å². The van der Waals surface area contributed by atoms with E-state index in [9.17, 15) is 0 Å². The summed E-state index contributed by atoms with van der Waals surface area (Å²) < 4.78 is 1.88. The molecule has 2 heterocycles. The van der Waals surface area contributed by atoms with Crippen LogP contribution in [-0.2, 0) is 13.6 Å². The van der Waals surface area contributed by atoms with E-state index in [1.165, 1.54) is 24.9 Å². The summed E-state index contributed by atoms with van der Waals surface area (Å²) >= 11 is 0. The summed E-state index contributed by atoms with van der Waals surface area (Å²) in [6, 6.07) is 0.671. The van der Waals surface area contributed by atoms with Gasteiger partial charge in [-0.15, -0.1) is 0 Å². The molecule has 2 rings (SSSR count). The maximum atomic E-state index is 4.24. The van der Waals surface area contributed by atoms with Gasteiger partial charge in [0, 0.05) is 43.5 Å². The Morgan fingerprint density at radius 2 is 2.22 bits per heavy atom. The molecule has 0 amide bonds. The molecule has 0 aromatic carbocycles. The smallest absolute Gasteiger partial charge is 0.0534 e. The summed E-state index contributed by atoms with van der Waals surface area (Å²) in [7, 11) is 1.98. The van der Waals surface area contributed by atoms with Crippen molar-refractivity contribution in [2.75, 3.05) is 13.1 Å². The molecular weight excluding hydrogens is 224 g/mol. The molecule has 1 saturated heterocycles. The van der Waals surface area contributed by atoms with Crippen LogP contribution in [0.25, 0.3) is 0 Å². The molecule has 0 saturated carbocycles. The summed E-state index contributed by atoms with van der Waals surface area (Å²) in [5, 5.41) is 7.87. The van der Waals surface area contributed by atoms with Crippen LogP contribution >= 0.6 is 0 Å². The molecule has 1 aromatic rings. The molecule has 0 aliphatic carbocycles. The average Bonchev–Trinajstić information content (AvgIpc) is 2.85. The molecule has 0 radical (unpaired) electrons. The second-order valence-electron chi connectivity index (χ2n) is 6.42. The van der Waals surface area contributed by atoms with Gasteiger partial charge in [-0.25, -0.2) is 0 Å². The monoisotopic (exact) mass is 250 g/mol. The van der Waals surface area contributed by atoms with E-state index in [0.717, 1.165) is 13.1 Å². The van der Waals surface area contributed by atoms with E-state index < -0.39 is 0 Å². The van der Waals surface area contributed by atoms with Crippen molar-refractivity contribution in [3.8, 4) is 0 Å². The van der Waals surface area contributed by atoms with Crippen LogP contribution in [0.1, 0.15) is 39.2 Å². The number of hydrogen-bond acceptors (Lipinski definition) is 3. The Hall–Kier alpha value is -0.870. The van der Waals surface area contributed by atoms with Crippen molar-refractivity contribution >= 4 is 0 Å². The number of aromatic nitrogens is 2. The number of aryl methyl sites for hydroxylation is 1. The first kappa shape index (κ1) is 13.6. The molecule has 102 valence electrons. The molecule has 1 aliphatic rings. The highest BCUT2D eigenvalue weighted by Gasteiger charge is 2.25. The Labute approximate surface area is 110 Å². The second kappa shape index (κ2) is 5.41. The molecule has 0 spiro atoms. The molecule has 1 atom stereocenters. The maximum absolute atomic E-state index is 4.24. The maximum Gasteiger partial charge on any atom is 0.0534 e. The molecule has 4 heteroatoms. The zero-order valence-electron chi connectivity index (χ0n) is 12.1. The summed E-state index contributed by atoms with van der Waals surface area (Å²) in [6.45, 7) is 10.0. The standard InChI is InChI=1S/C14H26N4/c1-14(2,3)15-9-13-6-5-7-18(13)11-12-8-16-17(4)10-12/h8,10,13,15H,5-7,9,11H2,1-4H3. The molecule has 1 fully saturated rings. The highest BCUT2D eigenvalue weighted by Crippen LogP contribution is 2.19. The van der Waals surface area contributed by atoms with Crippen LogP contribution < -0.4 is 5.32 Å². The fraction of sp³-hybridized carbons (Fsp3) is 0.786. The highest BCUT2D eigenvalue weighted by atomic mass is 15.3. The highest BCUT2D eigenvalue weighted by molar-refractivity contribution is 5.04. The van der Waals surface area contributed by atoms with Crippen molar-refractivity contribution in [3.05, 3.63) is 18.0 Å². The van der Waals surface area contributed by atoms with Crippen molar-refractivity contribution in [1.29, 1.82) is 0 Å². The lowest BCUT2D eigenvalue weighted by atomic mass is 10.1. The van der Waals surface area contributed by atoms with Crippen molar-refractivity contribution in [2.24, 2.45) is 7.05 Å². The van der Waals surface area contributed by atoms with Crippen LogP contribution in [0.15, 0.2) is 12.4 Å². The lowest BCUT2D eigenvalue weighted by Crippen LogP contribution is -2.44. The van der Waals surface area contributed by atoms with Gasteiger partial charge < -0.3 is 5.32 Å². The molecule has 1 N–H and O–H groups in total. The van der Waals surface area contributed by atoms with E-state index >= 15 is 0 Å². The quantitative estimate of drug-likeness (QED) is 0.884. The van der Waals surface area contributed by atoms with Crippen molar-refractivity contribution in [1.82, 2.24) is 20.0 Å². The Morgan fingerprint density at radius 3 is 2.83 bits per heavy atom. The third kappa shape index (κ3) is 3.82. The first-order valence-electron chi connectivity index (χ1n) is 6.91. The number of nitrogens with zero attached hydrogens (tertiary/aromatic N) is 3. The minimum Gasteiger partial charge on any atom is -0.311 e. The Morgan fingerprint density at radius 1 is 1.44 bits per heavy atom. The normalized spacial score (nSPS) is 21.7. The van der Waals surface area contributed by atoms with Gasteiger partial charge >= 0.3 is 0 Å². The van der Waals surface area contributed by atoms with E-state index in [0.29, 0.717) is 6.04 Å². The van der Waals surface area contributed by atoms with Crippen LogP contribution in [0.4, 0.5) is 0 Å². The van der Waals surface area contributed by atoms with Crippen molar-refractivity contribution in [2.45, 2.75) is 51.7 Å². The summed E-state index contributed by atoms with van der Waals surface area (Å²) in [5.41, 5.74) is 1.53. The number of rotatable bonds is 4. The average molecular weight is 250 g/mol. The van der Waals surface area contributed by atoms with Gasteiger partial charge in [0.15, 0.2) is 0 Å². The largest absolute Gasteiger partial charge is 0.311 e. The van der Waals surface area contributed by atoms with E-state index in [1.54, 1.807) is 0 Å². The summed E-state index contributed by atoms with van der Waals surface area (Å²) in [4.78, 5) is 2.58. The zero-order valence-corrected chi connectivity index (χ0v) is 12.1. The molecule has 1 aliphatic heterocycles. The van der Waals surface area contributed by atoms with Crippen LogP contribution in [0.3, 0.4) is 0 Å². The summed E-state index contributed by atoms with van der Waals surface area (Å²) in [5.74, 6) is 0. The Balaban J connectivity index is 1.87. The van der Waals surface area contributed by atoms with Crippen LogP contribution in [0.2, 0.25) is 0 Å². The fourth-order valence-electron chi connectivity index (χ4n) is 2.55. The Kier molecular flexibility index (Phi) is 4.07. The number of nitrogens with one attached hydrogen (secondary N) is 1. The molecule has 18 heavy (non-hydrogen) atoms. The lowest BCUT2D eigenvalue weighted by molar-refractivity contribution is 0.226. The fourth-order valence-corrected chi connectivity index (χ4v) is 2.55. The van der Waals surface area contributed by atoms with E-state index in [1.807, 2.05) is 17.9 Å². The lowest BCUT2D eigenvalue weighted by Gasteiger charge is -2.28. The van der Waals surface area contributed by atoms with Crippen molar-refractivity contribution < 1.29 is 0 Å². The third-order valence-electron chi connectivity index (χ3n) is 3.51. The zero-order chi connectivity index (χ0) is 13.2. The SMILES string of the molecule is Cn1cc(CN2CCCC2CNC(C)(C)C)cn1. The van der Waals surface area contributed by atoms with Crippen molar-refractivity contribution in [3.63, 3.8) is 0 Å². The topological polar surface area (TPSA) is 33.1 Å². The minimum atomic E-state index is 0.211. The summed E-state index contributed by atoms with van der Waals surface area (Å²) in [6.07, 6.45) is 6.72. The second-order valence-corrected chi connectivity index (χ2v) is 6.42. The first-order valence-corrected chi connectivity index (χ1v) is 6.91. The van der Waals surface area contributed by atoms with Gasteiger partial charge in [-0.3, -0.25) is 9.58 Å². The van der Waals surface area contributed by atoms with Gasteiger partial charge in [-0.1, -0.05) is 0 Å². The van der Waals surface area contributed by atoms with E-state index in [4.69, 9.17) is 0 Å². The van der Waals surface area contributed by atoms with Gasteiger partial charge in [-0.2, -0.15) is 5.10 Å². The van der Waals surface area contributed by atoms with E-state index in [-0.39, 0.29) is 5.54 Å². The molecule has 0 bridgehead atoms. The molecular formula is C14H26N4. The van der Waals surface area contributed by atoms with Gasteiger partial charge in [0.2, 0.25) is 0 Å². The third-order valence-corrected chi connectivity index (χ3v) is 3.51. The molecule has 1 unspecified atom stereocenters. The van der Waals surface area contributed by atoms with Crippen LogP contribution in [0, 0.1) is 0 Å². The predicted octanol–water partition coefficient (Wildman–Crippen LogP) is 1.77. The van der Waals surface area contributed by atoms with Gasteiger partial charge in [0.05, 0.1) is 6.20 Å². The van der Waals surface area contributed by atoms with Gasteiger partial charge in [0.25, 0.3) is 0 Å². The molecule has 1 aromatic heterocycles. The van der Waals surface area contributed by atoms with Crippen LogP contribution in [0.5, 0.6) is 0 Å². The first-order chi connectivity index (χ1) is 8.44. The number of likely N-dealkylation sites (tertiary alicyclic amines) is 1. The minimum absolute atomic E-state index is 0.211.